The van der Waals surface area contributed by atoms with E-state index in [1.165, 1.54) is 0 Å². The number of methoxy groups -OCH3 is 1. The maximum Gasteiger partial charge on any atom is 0.231 e. The van der Waals surface area contributed by atoms with E-state index in [0.29, 0.717) is 31.1 Å². The molecule has 8 heteroatoms. The lowest BCUT2D eigenvalue weighted by Crippen LogP contribution is -2.24. The first-order chi connectivity index (χ1) is 18.2. The van der Waals surface area contributed by atoms with Crippen molar-refractivity contribution in [3.05, 3.63) is 72.6 Å². The number of ether oxygens (including phenoxy) is 4. The van der Waals surface area contributed by atoms with Crippen LogP contribution in [0.15, 0.2) is 66.7 Å². The molecule has 0 radical (unpaired) electrons. The third-order valence-corrected chi connectivity index (χ3v) is 6.93. The summed E-state index contributed by atoms with van der Waals surface area (Å²) in [5.41, 5.74) is 2.88. The molecule has 2 aliphatic rings. The summed E-state index contributed by atoms with van der Waals surface area (Å²) in [4.78, 5) is 19.9. The van der Waals surface area contributed by atoms with Crippen molar-refractivity contribution in [1.29, 1.82) is 0 Å². The number of hydrogen-bond donors (Lipinski definition) is 0. The zero-order valence-electron chi connectivity index (χ0n) is 20.8. The first-order valence-corrected chi connectivity index (χ1v) is 12.6. The number of carbonyl (C=O) groups is 1. The smallest absolute Gasteiger partial charge is 0.231 e. The fourth-order valence-electron chi connectivity index (χ4n) is 5.08. The minimum absolute atomic E-state index is 0.0124. The molecule has 2 aliphatic heterocycles. The van der Waals surface area contributed by atoms with E-state index >= 15 is 0 Å². The van der Waals surface area contributed by atoms with Gasteiger partial charge < -0.3 is 28.4 Å². The van der Waals surface area contributed by atoms with E-state index in [2.05, 4.69) is 10.6 Å². The van der Waals surface area contributed by atoms with E-state index < -0.39 is 0 Å². The van der Waals surface area contributed by atoms with Crippen LogP contribution in [0.2, 0.25) is 0 Å². The van der Waals surface area contributed by atoms with Gasteiger partial charge in [-0.05, 0) is 49.2 Å². The second kappa shape index (κ2) is 10.0. The molecule has 37 heavy (non-hydrogen) atoms. The van der Waals surface area contributed by atoms with Crippen LogP contribution in [-0.2, 0) is 11.3 Å². The number of aryl methyl sites for hydroxylation is 1. The quantitative estimate of drug-likeness (QED) is 0.297. The van der Waals surface area contributed by atoms with E-state index in [-0.39, 0.29) is 18.6 Å². The summed E-state index contributed by atoms with van der Waals surface area (Å²) < 4.78 is 24.4. The molecule has 1 amide bonds. The van der Waals surface area contributed by atoms with Gasteiger partial charge in [0.2, 0.25) is 12.7 Å². The zero-order valence-corrected chi connectivity index (χ0v) is 20.8. The summed E-state index contributed by atoms with van der Waals surface area (Å²) in [5, 5.41) is 0. The lowest BCUT2D eigenvalue weighted by Gasteiger charge is -2.18. The highest BCUT2D eigenvalue weighted by atomic mass is 16.7. The van der Waals surface area contributed by atoms with Gasteiger partial charge in [-0.3, -0.25) is 4.79 Å². The third kappa shape index (κ3) is 4.67. The molecule has 1 atom stereocenters. The molecule has 3 aromatic carbocycles. The van der Waals surface area contributed by atoms with Crippen LogP contribution < -0.4 is 23.8 Å². The molecule has 0 saturated carbocycles. The van der Waals surface area contributed by atoms with E-state index in [0.717, 1.165) is 53.4 Å². The minimum atomic E-state index is 0.0124. The van der Waals surface area contributed by atoms with Crippen molar-refractivity contribution in [3.8, 4) is 23.0 Å². The van der Waals surface area contributed by atoms with Crippen molar-refractivity contribution < 1.29 is 23.7 Å². The highest BCUT2D eigenvalue weighted by Gasteiger charge is 2.35. The molecule has 8 nitrogen and oxygen atoms in total. The second-order valence-corrected chi connectivity index (χ2v) is 9.29. The molecule has 4 aromatic rings. The van der Waals surface area contributed by atoms with Crippen molar-refractivity contribution >= 4 is 22.6 Å². The molecule has 3 heterocycles. The average Bonchev–Trinajstić information content (AvgIpc) is 3.65. The van der Waals surface area contributed by atoms with E-state index in [1.807, 2.05) is 65.6 Å². The van der Waals surface area contributed by atoms with Gasteiger partial charge in [0.25, 0.3) is 0 Å². The SMILES string of the molecule is COc1cccc(OCCCCn2c(C3CC(=O)N(c4ccc5c(c4)OCO5)C3)nc3ccccc32)c1. The summed E-state index contributed by atoms with van der Waals surface area (Å²) in [6.45, 7) is 2.23. The Labute approximate surface area is 215 Å². The zero-order chi connectivity index (χ0) is 25.2. The van der Waals surface area contributed by atoms with Crippen LogP contribution in [-0.4, -0.2) is 42.5 Å². The summed E-state index contributed by atoms with van der Waals surface area (Å²) in [6, 6.07) is 21.5. The normalized spacial score (nSPS) is 16.5. The maximum atomic E-state index is 13.1. The van der Waals surface area contributed by atoms with Crippen molar-refractivity contribution in [2.45, 2.75) is 31.7 Å². The first-order valence-electron chi connectivity index (χ1n) is 12.6. The number of imidazole rings is 1. The minimum Gasteiger partial charge on any atom is -0.497 e. The number of aromatic nitrogens is 2. The van der Waals surface area contributed by atoms with E-state index in [1.54, 1.807) is 7.11 Å². The van der Waals surface area contributed by atoms with E-state index in [9.17, 15) is 4.79 Å². The Morgan fingerprint density at radius 2 is 1.84 bits per heavy atom. The predicted octanol–water partition coefficient (Wildman–Crippen LogP) is 5.15. The summed E-state index contributed by atoms with van der Waals surface area (Å²) in [5.74, 6) is 4.05. The summed E-state index contributed by atoms with van der Waals surface area (Å²) >= 11 is 0. The predicted molar refractivity (Wildman–Crippen MR) is 140 cm³/mol. The molecule has 190 valence electrons. The number of fused-ring (bicyclic) bond motifs is 2. The molecule has 0 spiro atoms. The third-order valence-electron chi connectivity index (χ3n) is 6.93. The van der Waals surface area contributed by atoms with Crippen molar-refractivity contribution in [2.24, 2.45) is 0 Å². The van der Waals surface area contributed by atoms with Gasteiger partial charge in [-0.2, -0.15) is 0 Å². The highest BCUT2D eigenvalue weighted by molar-refractivity contribution is 5.97. The number of carbonyl (C=O) groups excluding carboxylic acids is 1. The monoisotopic (exact) mass is 499 g/mol. The lowest BCUT2D eigenvalue weighted by atomic mass is 10.1. The Kier molecular flexibility index (Phi) is 6.30. The number of benzene rings is 3. The molecular weight excluding hydrogens is 470 g/mol. The summed E-state index contributed by atoms with van der Waals surface area (Å²) in [6.07, 6.45) is 2.26. The Morgan fingerprint density at radius 1 is 0.973 bits per heavy atom. The Morgan fingerprint density at radius 3 is 2.76 bits per heavy atom. The Hall–Kier alpha value is -4.20. The topological polar surface area (TPSA) is 75.1 Å². The van der Waals surface area contributed by atoms with E-state index in [4.69, 9.17) is 23.9 Å². The number of para-hydroxylation sites is 2. The highest BCUT2D eigenvalue weighted by Crippen LogP contribution is 2.39. The van der Waals surface area contributed by atoms with Gasteiger partial charge in [-0.25, -0.2) is 4.98 Å². The van der Waals surface area contributed by atoms with Gasteiger partial charge in [0.15, 0.2) is 11.5 Å². The largest absolute Gasteiger partial charge is 0.497 e. The molecule has 0 aliphatic carbocycles. The molecular formula is C29H29N3O5. The van der Waals surface area contributed by atoms with Gasteiger partial charge >= 0.3 is 0 Å². The lowest BCUT2D eigenvalue weighted by molar-refractivity contribution is -0.117. The summed E-state index contributed by atoms with van der Waals surface area (Å²) in [7, 11) is 1.65. The fraction of sp³-hybridized carbons (Fsp3) is 0.310. The molecule has 1 saturated heterocycles. The molecule has 0 N–H and O–H groups in total. The second-order valence-electron chi connectivity index (χ2n) is 9.29. The van der Waals surface area contributed by atoms with Gasteiger partial charge in [-0.1, -0.05) is 18.2 Å². The van der Waals surface area contributed by atoms with Crippen LogP contribution in [0.25, 0.3) is 11.0 Å². The molecule has 1 unspecified atom stereocenters. The number of nitrogens with zero attached hydrogens (tertiary/aromatic N) is 3. The van der Waals surface area contributed by atoms with Crippen LogP contribution in [0, 0.1) is 0 Å². The number of unbranched alkanes of at least 4 members (excludes halogenated alkanes) is 1. The first kappa shape index (κ1) is 23.2. The number of anilines is 1. The van der Waals surface area contributed by atoms with Gasteiger partial charge in [0.1, 0.15) is 17.3 Å². The number of amides is 1. The maximum absolute atomic E-state index is 13.1. The fourth-order valence-corrected chi connectivity index (χ4v) is 5.08. The molecule has 1 aromatic heterocycles. The van der Waals surface area contributed by atoms with Crippen LogP contribution in [0.5, 0.6) is 23.0 Å². The standard InChI is InChI=1S/C29H29N3O5/c1-34-22-7-6-8-23(17-22)35-14-5-4-13-31-25-10-3-2-9-24(25)30-29(31)20-15-28(33)32(18-20)21-11-12-26-27(16-21)37-19-36-26/h2-3,6-12,16-17,20H,4-5,13-15,18-19H2,1H3. The van der Waals surface area contributed by atoms with Crippen LogP contribution >= 0.6 is 0 Å². The van der Waals surface area contributed by atoms with Gasteiger partial charge in [0, 0.05) is 43.2 Å². The Balaban J connectivity index is 1.15. The van der Waals surface area contributed by atoms with Crippen molar-refractivity contribution in [3.63, 3.8) is 0 Å². The van der Waals surface area contributed by atoms with Crippen LogP contribution in [0.1, 0.15) is 31.0 Å². The molecule has 1 fully saturated rings. The Bertz CT molecular complexity index is 1430. The number of hydrogen-bond acceptors (Lipinski definition) is 6. The number of rotatable bonds is 9. The van der Waals surface area contributed by atoms with Crippen LogP contribution in [0.3, 0.4) is 0 Å². The van der Waals surface area contributed by atoms with Crippen LogP contribution in [0.4, 0.5) is 5.69 Å². The van der Waals surface area contributed by atoms with Crippen molar-refractivity contribution in [1.82, 2.24) is 9.55 Å². The van der Waals surface area contributed by atoms with Gasteiger partial charge in [-0.15, -0.1) is 0 Å². The average molecular weight is 500 g/mol. The molecule has 6 rings (SSSR count). The molecule has 0 bridgehead atoms. The van der Waals surface area contributed by atoms with Crippen molar-refractivity contribution in [2.75, 3.05) is 32.0 Å². The van der Waals surface area contributed by atoms with Gasteiger partial charge in [0.05, 0.1) is 24.8 Å².